The molecule has 0 bridgehead atoms. The van der Waals surface area contributed by atoms with Gasteiger partial charge < -0.3 is 15.0 Å². The second-order valence-corrected chi connectivity index (χ2v) is 6.13. The number of nitrogens with zero attached hydrogens (tertiary/aromatic N) is 2. The zero-order chi connectivity index (χ0) is 18.2. The first-order valence-electron chi connectivity index (χ1n) is 8.48. The number of rotatable bonds is 5. The number of ether oxygens (including phenoxy) is 1. The van der Waals surface area contributed by atoms with Gasteiger partial charge in [0.05, 0.1) is 12.2 Å². The van der Waals surface area contributed by atoms with Crippen molar-refractivity contribution in [1.29, 1.82) is 5.26 Å². The Kier molecular flexibility index (Phi) is 6.58. The molecule has 6 heteroatoms. The van der Waals surface area contributed by atoms with Gasteiger partial charge in [0, 0.05) is 25.0 Å². The van der Waals surface area contributed by atoms with Crippen molar-refractivity contribution < 1.29 is 14.3 Å². The number of hydrogen-bond acceptors (Lipinski definition) is 5. The van der Waals surface area contributed by atoms with Gasteiger partial charge in [-0.2, -0.15) is 5.26 Å². The lowest BCUT2D eigenvalue weighted by Crippen LogP contribution is -2.29. The fourth-order valence-electron chi connectivity index (χ4n) is 2.58. The van der Waals surface area contributed by atoms with Crippen LogP contribution in [-0.2, 0) is 9.53 Å². The van der Waals surface area contributed by atoms with Crippen LogP contribution in [0.1, 0.15) is 37.0 Å². The summed E-state index contributed by atoms with van der Waals surface area (Å²) in [6, 6.07) is 8.34. The van der Waals surface area contributed by atoms with Crippen LogP contribution in [0.5, 0.6) is 0 Å². The highest BCUT2D eigenvalue weighted by molar-refractivity contribution is 6.06. The van der Waals surface area contributed by atoms with Crippen LogP contribution in [0.15, 0.2) is 36.0 Å². The molecule has 0 aromatic heterocycles. The summed E-state index contributed by atoms with van der Waals surface area (Å²) in [7, 11) is 0. The first-order chi connectivity index (χ1) is 12.0. The molecule has 1 N–H and O–H groups in total. The molecule has 0 unspecified atom stereocenters. The van der Waals surface area contributed by atoms with Gasteiger partial charge in [-0.05, 0) is 49.9 Å². The van der Waals surface area contributed by atoms with Crippen molar-refractivity contribution in [1.82, 2.24) is 4.90 Å². The monoisotopic (exact) mass is 341 g/mol. The van der Waals surface area contributed by atoms with Crippen molar-refractivity contribution in [2.75, 3.05) is 25.0 Å². The summed E-state index contributed by atoms with van der Waals surface area (Å²) < 4.78 is 4.91. The SMILES string of the molecule is CCOC(=O)c1ccc(NC(=O)/C(C#N)=C\N2CCC(C)CC2)cc1. The van der Waals surface area contributed by atoms with Crippen LogP contribution >= 0.6 is 0 Å². The van der Waals surface area contributed by atoms with E-state index in [1.165, 1.54) is 0 Å². The molecule has 0 aliphatic carbocycles. The Morgan fingerprint density at radius 1 is 1.32 bits per heavy atom. The number of likely N-dealkylation sites (tertiary alicyclic amines) is 1. The van der Waals surface area contributed by atoms with Crippen molar-refractivity contribution in [3.05, 3.63) is 41.6 Å². The molecular formula is C19H23N3O3. The van der Waals surface area contributed by atoms with Gasteiger partial charge >= 0.3 is 5.97 Å². The minimum absolute atomic E-state index is 0.0732. The van der Waals surface area contributed by atoms with E-state index in [4.69, 9.17) is 4.74 Å². The van der Waals surface area contributed by atoms with E-state index in [2.05, 4.69) is 12.2 Å². The molecule has 1 amide bonds. The van der Waals surface area contributed by atoms with E-state index < -0.39 is 11.9 Å². The average molecular weight is 341 g/mol. The molecule has 1 aromatic rings. The summed E-state index contributed by atoms with van der Waals surface area (Å²) >= 11 is 0. The third-order valence-electron chi connectivity index (χ3n) is 4.15. The summed E-state index contributed by atoms with van der Waals surface area (Å²) in [6.07, 6.45) is 3.76. The Bertz CT molecular complexity index is 681. The first kappa shape index (κ1) is 18.5. The highest BCUT2D eigenvalue weighted by Crippen LogP contribution is 2.17. The molecule has 25 heavy (non-hydrogen) atoms. The van der Waals surface area contributed by atoms with Gasteiger partial charge in [-0.25, -0.2) is 4.79 Å². The molecule has 1 fully saturated rings. The molecule has 6 nitrogen and oxygen atoms in total. The second-order valence-electron chi connectivity index (χ2n) is 6.13. The summed E-state index contributed by atoms with van der Waals surface area (Å²) in [6.45, 7) is 5.97. The summed E-state index contributed by atoms with van der Waals surface area (Å²) in [5.41, 5.74) is 1.01. The smallest absolute Gasteiger partial charge is 0.338 e. The third-order valence-corrected chi connectivity index (χ3v) is 4.15. The highest BCUT2D eigenvalue weighted by Gasteiger charge is 2.16. The molecule has 1 aliphatic rings. The van der Waals surface area contributed by atoms with E-state index in [0.29, 0.717) is 23.8 Å². The molecule has 1 aliphatic heterocycles. The normalized spacial score (nSPS) is 15.4. The van der Waals surface area contributed by atoms with E-state index in [-0.39, 0.29) is 5.57 Å². The van der Waals surface area contributed by atoms with Crippen LogP contribution in [0.25, 0.3) is 0 Å². The molecule has 2 rings (SSSR count). The Balaban J connectivity index is 1.99. The van der Waals surface area contributed by atoms with Gasteiger partial charge in [0.2, 0.25) is 0 Å². The zero-order valence-electron chi connectivity index (χ0n) is 14.6. The molecule has 0 atom stereocenters. The minimum atomic E-state index is -0.454. The van der Waals surface area contributed by atoms with Gasteiger partial charge in [0.15, 0.2) is 0 Å². The number of carbonyl (C=O) groups is 2. The maximum atomic E-state index is 12.3. The summed E-state index contributed by atoms with van der Waals surface area (Å²) in [4.78, 5) is 25.9. The van der Waals surface area contributed by atoms with Crippen LogP contribution in [0.3, 0.4) is 0 Å². The highest BCUT2D eigenvalue weighted by atomic mass is 16.5. The standard InChI is InChI=1S/C19H23N3O3/c1-3-25-19(24)15-4-6-17(7-5-15)21-18(23)16(12-20)13-22-10-8-14(2)9-11-22/h4-7,13-14H,3,8-11H2,1-2H3,(H,21,23)/b16-13-. The van der Waals surface area contributed by atoms with Crippen molar-refractivity contribution >= 4 is 17.6 Å². The van der Waals surface area contributed by atoms with Crippen LogP contribution in [0.4, 0.5) is 5.69 Å². The number of hydrogen-bond donors (Lipinski definition) is 1. The number of esters is 1. The fourth-order valence-corrected chi connectivity index (χ4v) is 2.58. The van der Waals surface area contributed by atoms with Gasteiger partial charge in [0.1, 0.15) is 11.6 Å². The van der Waals surface area contributed by atoms with Crippen LogP contribution < -0.4 is 5.32 Å². The maximum absolute atomic E-state index is 12.3. The number of nitrogens with one attached hydrogen (secondary N) is 1. The lowest BCUT2D eigenvalue weighted by atomic mass is 9.99. The molecule has 1 heterocycles. The topological polar surface area (TPSA) is 82.4 Å². The number of carbonyl (C=O) groups excluding carboxylic acids is 2. The Labute approximate surface area is 148 Å². The number of amides is 1. The molecule has 0 radical (unpaired) electrons. The van der Waals surface area contributed by atoms with Crippen molar-refractivity contribution in [3.63, 3.8) is 0 Å². The molecule has 0 saturated carbocycles. The van der Waals surface area contributed by atoms with Crippen molar-refractivity contribution in [2.45, 2.75) is 26.7 Å². The zero-order valence-corrected chi connectivity index (χ0v) is 14.6. The second kappa shape index (κ2) is 8.88. The van der Waals surface area contributed by atoms with E-state index in [9.17, 15) is 14.9 Å². The van der Waals surface area contributed by atoms with Crippen molar-refractivity contribution in [2.24, 2.45) is 5.92 Å². The lowest BCUT2D eigenvalue weighted by Gasteiger charge is -2.29. The van der Waals surface area contributed by atoms with Gasteiger partial charge in [0.25, 0.3) is 5.91 Å². The van der Waals surface area contributed by atoms with E-state index in [1.807, 2.05) is 11.0 Å². The Hall–Kier alpha value is -2.81. The summed E-state index contributed by atoms with van der Waals surface area (Å²) in [5.74, 6) is -0.177. The third kappa shape index (κ3) is 5.35. The van der Waals surface area contributed by atoms with Gasteiger partial charge in [-0.1, -0.05) is 6.92 Å². The first-order valence-corrected chi connectivity index (χ1v) is 8.48. The van der Waals surface area contributed by atoms with Crippen LogP contribution in [0.2, 0.25) is 0 Å². The lowest BCUT2D eigenvalue weighted by molar-refractivity contribution is -0.112. The molecule has 1 saturated heterocycles. The largest absolute Gasteiger partial charge is 0.462 e. The quantitative estimate of drug-likeness (QED) is 0.506. The van der Waals surface area contributed by atoms with E-state index in [0.717, 1.165) is 25.9 Å². The van der Waals surface area contributed by atoms with Gasteiger partial charge in [-0.15, -0.1) is 0 Å². The predicted molar refractivity (Wildman–Crippen MR) is 94.7 cm³/mol. The molecular weight excluding hydrogens is 318 g/mol. The summed E-state index contributed by atoms with van der Waals surface area (Å²) in [5, 5.41) is 11.9. The van der Waals surface area contributed by atoms with E-state index in [1.54, 1.807) is 37.4 Å². The molecule has 132 valence electrons. The van der Waals surface area contributed by atoms with Crippen molar-refractivity contribution in [3.8, 4) is 6.07 Å². The number of benzene rings is 1. The minimum Gasteiger partial charge on any atom is -0.462 e. The Morgan fingerprint density at radius 3 is 2.52 bits per heavy atom. The Morgan fingerprint density at radius 2 is 1.96 bits per heavy atom. The predicted octanol–water partition coefficient (Wildman–Crippen LogP) is 2.94. The maximum Gasteiger partial charge on any atom is 0.338 e. The average Bonchev–Trinajstić information content (AvgIpc) is 2.62. The van der Waals surface area contributed by atoms with Crippen LogP contribution in [-0.4, -0.2) is 36.5 Å². The number of piperidine rings is 1. The molecule has 0 spiro atoms. The fraction of sp³-hybridized carbons (Fsp3) is 0.421. The van der Waals surface area contributed by atoms with E-state index >= 15 is 0 Å². The van der Waals surface area contributed by atoms with Gasteiger partial charge in [-0.3, -0.25) is 4.79 Å². The molecule has 1 aromatic carbocycles. The number of nitriles is 1. The number of anilines is 1. The van der Waals surface area contributed by atoms with Crippen LogP contribution in [0, 0.1) is 17.2 Å².